The van der Waals surface area contributed by atoms with Crippen LogP contribution in [0, 0.1) is 0 Å². The van der Waals surface area contributed by atoms with Crippen LogP contribution in [-0.4, -0.2) is 37.2 Å². The molecule has 0 atom stereocenters. The first-order valence-corrected chi connectivity index (χ1v) is 6.13. The minimum absolute atomic E-state index is 0.581. The van der Waals surface area contributed by atoms with Crippen LogP contribution in [0.4, 0.5) is 5.82 Å². The molecule has 0 aromatic carbocycles. The van der Waals surface area contributed by atoms with Crippen molar-refractivity contribution in [2.45, 2.75) is 25.3 Å². The fourth-order valence-electron chi connectivity index (χ4n) is 2.26. The molecule has 0 unspecified atom stereocenters. The highest BCUT2D eigenvalue weighted by molar-refractivity contribution is 5.41. The van der Waals surface area contributed by atoms with E-state index in [1.54, 1.807) is 0 Å². The third-order valence-electron chi connectivity index (χ3n) is 3.20. The van der Waals surface area contributed by atoms with Crippen molar-refractivity contribution in [1.82, 2.24) is 9.88 Å². The molecule has 1 aromatic rings. The first-order chi connectivity index (χ1) is 8.16. The first-order valence-electron chi connectivity index (χ1n) is 6.13. The zero-order valence-electron chi connectivity index (χ0n) is 10.6. The van der Waals surface area contributed by atoms with Gasteiger partial charge in [-0.15, -0.1) is 0 Å². The van der Waals surface area contributed by atoms with Gasteiger partial charge >= 0.3 is 0 Å². The van der Waals surface area contributed by atoms with E-state index in [9.17, 15) is 0 Å². The Balaban J connectivity index is 2.17. The van der Waals surface area contributed by atoms with Crippen molar-refractivity contribution in [3.05, 3.63) is 23.4 Å². The van der Waals surface area contributed by atoms with Gasteiger partial charge in [0.05, 0.1) is 0 Å². The lowest BCUT2D eigenvalue weighted by Gasteiger charge is -2.23. The number of aromatic nitrogens is 1. The van der Waals surface area contributed by atoms with Gasteiger partial charge in [-0.3, -0.25) is 0 Å². The molecule has 1 aromatic heterocycles. The molecule has 4 heteroatoms. The highest BCUT2D eigenvalue weighted by Gasteiger charge is 2.17. The summed E-state index contributed by atoms with van der Waals surface area (Å²) in [5, 5.41) is 0. The fourth-order valence-corrected chi connectivity index (χ4v) is 2.26. The minimum atomic E-state index is 0.581. The Morgan fingerprint density at radius 1 is 1.41 bits per heavy atom. The largest absolute Gasteiger partial charge is 0.383 e. The molecular formula is C13H21N3O. The standard InChI is InChI=1S/C13H21N3O/c1-16(2)9-12-7-11(8-15-13(12)14)10-3-5-17-6-4-10/h7-8,10H,3-6,9H2,1-2H3,(H2,14,15). The van der Waals surface area contributed by atoms with Crippen LogP contribution >= 0.6 is 0 Å². The van der Waals surface area contributed by atoms with E-state index in [0.717, 1.165) is 38.2 Å². The number of hydrogen-bond donors (Lipinski definition) is 1. The minimum Gasteiger partial charge on any atom is -0.383 e. The van der Waals surface area contributed by atoms with Crippen molar-refractivity contribution in [3.63, 3.8) is 0 Å². The second-order valence-corrected chi connectivity index (χ2v) is 4.94. The summed E-state index contributed by atoms with van der Waals surface area (Å²) in [6, 6.07) is 2.21. The predicted molar refractivity (Wildman–Crippen MR) is 68.8 cm³/mol. The third-order valence-corrected chi connectivity index (χ3v) is 3.20. The Bertz CT molecular complexity index is 373. The number of ether oxygens (including phenoxy) is 1. The summed E-state index contributed by atoms with van der Waals surface area (Å²) in [6.07, 6.45) is 4.10. The highest BCUT2D eigenvalue weighted by atomic mass is 16.5. The molecule has 1 saturated heterocycles. The van der Waals surface area contributed by atoms with Crippen LogP contribution in [0.2, 0.25) is 0 Å². The molecule has 2 N–H and O–H groups in total. The summed E-state index contributed by atoms with van der Waals surface area (Å²) in [4.78, 5) is 6.43. The summed E-state index contributed by atoms with van der Waals surface area (Å²) >= 11 is 0. The van der Waals surface area contributed by atoms with E-state index < -0.39 is 0 Å². The van der Waals surface area contributed by atoms with Gasteiger partial charge in [0.25, 0.3) is 0 Å². The average Bonchev–Trinajstić information content (AvgIpc) is 2.32. The van der Waals surface area contributed by atoms with E-state index in [0.29, 0.717) is 11.7 Å². The summed E-state index contributed by atoms with van der Waals surface area (Å²) < 4.78 is 5.39. The van der Waals surface area contributed by atoms with Crippen LogP contribution in [0.3, 0.4) is 0 Å². The second-order valence-electron chi connectivity index (χ2n) is 4.94. The van der Waals surface area contributed by atoms with Gasteiger partial charge in [-0.2, -0.15) is 0 Å². The maximum atomic E-state index is 5.90. The third kappa shape index (κ3) is 3.17. The molecule has 17 heavy (non-hydrogen) atoms. The number of nitrogens with zero attached hydrogens (tertiary/aromatic N) is 2. The van der Waals surface area contributed by atoms with Gasteiger partial charge in [0.2, 0.25) is 0 Å². The van der Waals surface area contributed by atoms with E-state index in [1.165, 1.54) is 5.56 Å². The zero-order valence-corrected chi connectivity index (χ0v) is 10.6. The summed E-state index contributed by atoms with van der Waals surface area (Å²) in [5.41, 5.74) is 8.33. The average molecular weight is 235 g/mol. The van der Waals surface area contributed by atoms with Crippen molar-refractivity contribution in [3.8, 4) is 0 Å². The van der Waals surface area contributed by atoms with Crippen molar-refractivity contribution in [1.29, 1.82) is 0 Å². The van der Waals surface area contributed by atoms with Crippen LogP contribution in [0.5, 0.6) is 0 Å². The van der Waals surface area contributed by atoms with Crippen LogP contribution in [0.25, 0.3) is 0 Å². The molecule has 0 spiro atoms. The lowest BCUT2D eigenvalue weighted by molar-refractivity contribution is 0.0852. The van der Waals surface area contributed by atoms with Crippen molar-refractivity contribution >= 4 is 5.82 Å². The van der Waals surface area contributed by atoms with E-state index in [-0.39, 0.29) is 0 Å². The zero-order chi connectivity index (χ0) is 12.3. The van der Waals surface area contributed by atoms with E-state index in [1.807, 2.05) is 20.3 Å². The summed E-state index contributed by atoms with van der Waals surface area (Å²) in [5.74, 6) is 1.23. The van der Waals surface area contributed by atoms with Gasteiger partial charge in [0, 0.05) is 31.5 Å². The summed E-state index contributed by atoms with van der Waals surface area (Å²) in [7, 11) is 4.08. The van der Waals surface area contributed by atoms with Gasteiger partial charge in [0.1, 0.15) is 5.82 Å². The Morgan fingerprint density at radius 2 is 2.12 bits per heavy atom. The molecule has 2 heterocycles. The van der Waals surface area contributed by atoms with Crippen LogP contribution < -0.4 is 5.73 Å². The van der Waals surface area contributed by atoms with E-state index >= 15 is 0 Å². The van der Waals surface area contributed by atoms with Gasteiger partial charge in [-0.1, -0.05) is 0 Å². The normalized spacial score (nSPS) is 17.6. The van der Waals surface area contributed by atoms with Gasteiger partial charge in [0.15, 0.2) is 0 Å². The highest BCUT2D eigenvalue weighted by Crippen LogP contribution is 2.28. The van der Waals surface area contributed by atoms with Gasteiger partial charge < -0.3 is 15.4 Å². The Morgan fingerprint density at radius 3 is 2.76 bits per heavy atom. The molecule has 0 radical (unpaired) electrons. The van der Waals surface area contributed by atoms with Gasteiger partial charge in [-0.05, 0) is 44.5 Å². The van der Waals surface area contributed by atoms with Gasteiger partial charge in [-0.25, -0.2) is 4.98 Å². The smallest absolute Gasteiger partial charge is 0.127 e. The quantitative estimate of drug-likeness (QED) is 0.865. The lowest BCUT2D eigenvalue weighted by atomic mass is 9.92. The lowest BCUT2D eigenvalue weighted by Crippen LogP contribution is -2.16. The maximum Gasteiger partial charge on any atom is 0.127 e. The number of rotatable bonds is 3. The predicted octanol–water partition coefficient (Wildman–Crippen LogP) is 1.62. The van der Waals surface area contributed by atoms with Crippen LogP contribution in [0.15, 0.2) is 12.3 Å². The molecule has 1 fully saturated rings. The number of pyridine rings is 1. The monoisotopic (exact) mass is 235 g/mol. The number of nitrogens with two attached hydrogens (primary N) is 1. The molecule has 0 bridgehead atoms. The van der Waals surface area contributed by atoms with E-state index in [4.69, 9.17) is 10.5 Å². The van der Waals surface area contributed by atoms with Crippen molar-refractivity contribution in [2.24, 2.45) is 0 Å². The molecular weight excluding hydrogens is 214 g/mol. The topological polar surface area (TPSA) is 51.4 Å². The van der Waals surface area contributed by atoms with Crippen molar-refractivity contribution < 1.29 is 4.74 Å². The molecule has 1 aliphatic heterocycles. The molecule has 4 nitrogen and oxygen atoms in total. The number of anilines is 1. The fraction of sp³-hybridized carbons (Fsp3) is 0.615. The van der Waals surface area contributed by atoms with Crippen molar-refractivity contribution in [2.75, 3.05) is 33.0 Å². The summed E-state index contributed by atoms with van der Waals surface area (Å²) in [6.45, 7) is 2.56. The Labute approximate surface area is 103 Å². The SMILES string of the molecule is CN(C)Cc1cc(C2CCOCC2)cnc1N. The Hall–Kier alpha value is -1.13. The molecule has 1 aliphatic rings. The number of hydrogen-bond acceptors (Lipinski definition) is 4. The molecule has 0 aliphatic carbocycles. The number of nitrogen functional groups attached to an aromatic ring is 1. The molecule has 0 amide bonds. The van der Waals surface area contributed by atoms with Crippen LogP contribution in [0.1, 0.15) is 29.9 Å². The molecule has 0 saturated carbocycles. The molecule has 94 valence electrons. The van der Waals surface area contributed by atoms with Crippen LogP contribution in [-0.2, 0) is 11.3 Å². The molecule has 2 rings (SSSR count). The Kier molecular flexibility index (Phi) is 3.97. The second kappa shape index (κ2) is 5.47. The maximum absolute atomic E-state index is 5.90. The van der Waals surface area contributed by atoms with E-state index in [2.05, 4.69) is 16.0 Å². The first kappa shape index (κ1) is 12.3.